The first kappa shape index (κ1) is 23.6. The van der Waals surface area contributed by atoms with Crippen molar-refractivity contribution in [3.8, 4) is 11.5 Å². The van der Waals surface area contributed by atoms with Crippen LogP contribution in [0, 0.1) is 0 Å². The first-order valence-corrected chi connectivity index (χ1v) is 11.6. The van der Waals surface area contributed by atoms with Crippen molar-refractivity contribution in [2.45, 2.75) is 38.3 Å². The highest BCUT2D eigenvalue weighted by Gasteiger charge is 2.24. The Balaban J connectivity index is 1.59. The van der Waals surface area contributed by atoms with Crippen LogP contribution in [-0.4, -0.2) is 39.9 Å². The van der Waals surface area contributed by atoms with Crippen LogP contribution in [-0.2, 0) is 12.0 Å². The third-order valence-electron chi connectivity index (χ3n) is 5.23. The number of aliphatic hydroxyl groups is 1. The highest BCUT2D eigenvalue weighted by atomic mass is 79.9. The van der Waals surface area contributed by atoms with Gasteiger partial charge in [0.2, 0.25) is 0 Å². The molecule has 2 aromatic carbocycles. The van der Waals surface area contributed by atoms with E-state index in [1.54, 1.807) is 6.20 Å². The molecule has 1 atom stereocenters. The number of hydrogen-bond acceptors (Lipinski definition) is 4. The van der Waals surface area contributed by atoms with Gasteiger partial charge in [-0.05, 0) is 57.7 Å². The maximum Gasteiger partial charge on any atom is 0.133 e. The Labute approximate surface area is 197 Å². The van der Waals surface area contributed by atoms with Gasteiger partial charge in [0.1, 0.15) is 24.2 Å². The number of halogens is 2. The third kappa shape index (κ3) is 6.48. The summed E-state index contributed by atoms with van der Waals surface area (Å²) in [5.74, 6) is 1.70. The first-order chi connectivity index (χ1) is 14.9. The Hall–Kier alpha value is -2.02. The van der Waals surface area contributed by atoms with Crippen molar-refractivity contribution >= 4 is 27.5 Å². The Bertz CT molecular complexity index is 946. The molecule has 0 aliphatic carbocycles. The average Bonchev–Trinajstić information content (AvgIpc) is 3.29. The smallest absolute Gasteiger partial charge is 0.133 e. The molecule has 0 aliphatic rings. The molecular weight excluding hydrogens is 480 g/mol. The molecule has 0 aliphatic heterocycles. The molecule has 31 heavy (non-hydrogen) atoms. The fraction of sp³-hybridized carbons (Fsp3) is 0.375. The van der Waals surface area contributed by atoms with Crippen LogP contribution in [0.1, 0.15) is 31.4 Å². The summed E-state index contributed by atoms with van der Waals surface area (Å²) in [5.41, 5.74) is 2.14. The number of imidazole rings is 1. The summed E-state index contributed by atoms with van der Waals surface area (Å²) in [6.07, 6.45) is 5.80. The van der Waals surface area contributed by atoms with Crippen molar-refractivity contribution in [1.29, 1.82) is 0 Å². The summed E-state index contributed by atoms with van der Waals surface area (Å²) >= 11 is 9.20. The summed E-state index contributed by atoms with van der Waals surface area (Å²) in [6.45, 7) is 6.09. The van der Waals surface area contributed by atoms with Crippen LogP contribution in [0.5, 0.6) is 11.5 Å². The predicted molar refractivity (Wildman–Crippen MR) is 127 cm³/mol. The molecule has 1 aromatic heterocycles. The van der Waals surface area contributed by atoms with Gasteiger partial charge in [-0.3, -0.25) is 0 Å². The van der Waals surface area contributed by atoms with Gasteiger partial charge >= 0.3 is 0 Å². The molecular formula is C24H28BrClN2O3. The van der Waals surface area contributed by atoms with Crippen LogP contribution >= 0.6 is 27.5 Å². The van der Waals surface area contributed by atoms with Crippen molar-refractivity contribution < 1.29 is 14.6 Å². The fourth-order valence-electron chi connectivity index (χ4n) is 3.23. The molecule has 0 saturated carbocycles. The van der Waals surface area contributed by atoms with Gasteiger partial charge in [-0.2, -0.15) is 0 Å². The number of alkyl halides is 1. The highest BCUT2D eigenvalue weighted by molar-refractivity contribution is 9.10. The number of aromatic nitrogens is 2. The van der Waals surface area contributed by atoms with Gasteiger partial charge in [-0.1, -0.05) is 32.0 Å². The van der Waals surface area contributed by atoms with Gasteiger partial charge in [0.15, 0.2) is 0 Å². The highest BCUT2D eigenvalue weighted by Crippen LogP contribution is 2.36. The van der Waals surface area contributed by atoms with Crippen LogP contribution in [0.3, 0.4) is 0 Å². The van der Waals surface area contributed by atoms with Crippen LogP contribution in [0.25, 0.3) is 0 Å². The van der Waals surface area contributed by atoms with E-state index in [9.17, 15) is 5.11 Å². The van der Waals surface area contributed by atoms with E-state index < -0.39 is 6.10 Å². The average molecular weight is 508 g/mol. The molecule has 0 saturated heterocycles. The molecule has 0 bridgehead atoms. The van der Waals surface area contributed by atoms with Crippen LogP contribution in [0.2, 0.25) is 0 Å². The minimum atomic E-state index is -0.684. The molecule has 0 spiro atoms. The number of nitrogens with zero attached hydrogens (tertiary/aromatic N) is 2. The zero-order chi connectivity index (χ0) is 22.3. The maximum absolute atomic E-state index is 9.59. The second-order valence-electron chi connectivity index (χ2n) is 7.92. The lowest BCUT2D eigenvalue weighted by Gasteiger charge is -2.27. The molecule has 3 aromatic rings. The molecule has 0 amide bonds. The number of ether oxygens (including phenoxy) is 2. The minimum Gasteiger partial charge on any atom is -0.494 e. The normalized spacial score (nSPS) is 12.5. The molecule has 0 fully saturated rings. The fourth-order valence-corrected chi connectivity index (χ4v) is 3.81. The minimum absolute atomic E-state index is 0.146. The van der Waals surface area contributed by atoms with Crippen LogP contribution in [0.15, 0.2) is 65.7 Å². The van der Waals surface area contributed by atoms with Gasteiger partial charge in [0, 0.05) is 24.4 Å². The molecule has 0 radical (unpaired) electrons. The quantitative estimate of drug-likeness (QED) is 0.278. The Morgan fingerprint density at radius 3 is 2.52 bits per heavy atom. The zero-order valence-corrected chi connectivity index (χ0v) is 20.1. The van der Waals surface area contributed by atoms with E-state index in [4.69, 9.17) is 21.1 Å². The van der Waals surface area contributed by atoms with Crippen LogP contribution in [0.4, 0.5) is 0 Å². The summed E-state index contributed by atoms with van der Waals surface area (Å²) in [5, 5.41) is 9.59. The van der Waals surface area contributed by atoms with E-state index in [-0.39, 0.29) is 17.9 Å². The predicted octanol–water partition coefficient (Wildman–Crippen LogP) is 5.42. The Kier molecular flexibility index (Phi) is 8.41. The third-order valence-corrected chi connectivity index (χ3v) is 6.20. The maximum atomic E-state index is 9.59. The van der Waals surface area contributed by atoms with Gasteiger partial charge in [-0.25, -0.2) is 4.98 Å². The summed E-state index contributed by atoms with van der Waals surface area (Å²) in [7, 11) is 0. The van der Waals surface area contributed by atoms with E-state index in [0.29, 0.717) is 12.4 Å². The molecule has 1 unspecified atom stereocenters. The lowest BCUT2D eigenvalue weighted by Crippen LogP contribution is -2.20. The molecule has 166 valence electrons. The van der Waals surface area contributed by atoms with E-state index in [1.165, 1.54) is 5.56 Å². The topological polar surface area (TPSA) is 56.5 Å². The van der Waals surface area contributed by atoms with E-state index in [2.05, 4.69) is 53.0 Å². The first-order valence-electron chi connectivity index (χ1n) is 10.3. The standard InChI is InChI=1S/C24H28BrClN2O3/c1-24(2,19-6-9-23(22(25)14-19)31-16-20(29)15-26)18-4-7-21(8-5-18)30-13-3-11-28-12-10-27-17-28/h4-10,12,14,17,20,29H,3,11,13,15-16H2,1-2H3. The lowest BCUT2D eigenvalue weighted by atomic mass is 9.78. The lowest BCUT2D eigenvalue weighted by molar-refractivity contribution is 0.125. The SMILES string of the molecule is CC(C)(c1ccc(OCCCn2ccnc2)cc1)c1ccc(OCC(O)CCl)c(Br)c1. The Morgan fingerprint density at radius 1 is 1.13 bits per heavy atom. The number of aryl methyl sites for hydroxylation is 1. The summed E-state index contributed by atoms with van der Waals surface area (Å²) in [6, 6.07) is 14.3. The van der Waals surface area contributed by atoms with Crippen molar-refractivity contribution in [1.82, 2.24) is 9.55 Å². The van der Waals surface area contributed by atoms with Gasteiger partial charge in [0.25, 0.3) is 0 Å². The van der Waals surface area contributed by atoms with Crippen molar-refractivity contribution in [3.05, 3.63) is 76.8 Å². The largest absolute Gasteiger partial charge is 0.494 e. The molecule has 7 heteroatoms. The zero-order valence-electron chi connectivity index (χ0n) is 17.8. The van der Waals surface area contributed by atoms with Gasteiger partial charge < -0.3 is 19.1 Å². The number of aliphatic hydroxyl groups excluding tert-OH is 1. The van der Waals surface area contributed by atoms with Crippen molar-refractivity contribution in [2.24, 2.45) is 0 Å². The van der Waals surface area contributed by atoms with Crippen molar-refractivity contribution in [3.63, 3.8) is 0 Å². The second kappa shape index (κ2) is 11.0. The van der Waals surface area contributed by atoms with Gasteiger partial charge in [0.05, 0.1) is 23.3 Å². The summed E-state index contributed by atoms with van der Waals surface area (Å²) < 4.78 is 14.4. The van der Waals surface area contributed by atoms with E-state index >= 15 is 0 Å². The molecule has 1 heterocycles. The van der Waals surface area contributed by atoms with E-state index in [0.717, 1.165) is 28.8 Å². The second-order valence-corrected chi connectivity index (χ2v) is 9.08. The van der Waals surface area contributed by atoms with Crippen LogP contribution < -0.4 is 9.47 Å². The molecule has 3 rings (SSSR count). The number of hydrogen-bond donors (Lipinski definition) is 1. The van der Waals surface area contributed by atoms with E-state index in [1.807, 2.05) is 41.4 Å². The van der Waals surface area contributed by atoms with Crippen molar-refractivity contribution in [2.75, 3.05) is 19.1 Å². The number of rotatable bonds is 11. The van der Waals surface area contributed by atoms with Gasteiger partial charge in [-0.15, -0.1) is 11.6 Å². The monoisotopic (exact) mass is 506 g/mol. The molecule has 5 nitrogen and oxygen atoms in total. The molecule has 1 N–H and O–H groups in total. The number of benzene rings is 2. The summed E-state index contributed by atoms with van der Waals surface area (Å²) in [4.78, 5) is 4.04. The Morgan fingerprint density at radius 2 is 1.87 bits per heavy atom.